The number of benzene rings is 1. The Morgan fingerprint density at radius 3 is 2.24 bits per heavy atom. The Morgan fingerprint density at radius 2 is 1.57 bits per heavy atom. The van der Waals surface area contributed by atoms with Crippen LogP contribution in [0.15, 0.2) is 42.6 Å². The molecular weight excluding hydrogens is 472 g/mol. The molecule has 1 N–H and O–H groups in total. The van der Waals surface area contributed by atoms with E-state index in [4.69, 9.17) is 14.5 Å². The van der Waals surface area contributed by atoms with Crippen LogP contribution in [0.1, 0.15) is 41.5 Å². The minimum atomic E-state index is -0.650. The fourth-order valence-corrected chi connectivity index (χ4v) is 3.82. The SMILES string of the molecule is CC(C)(C)OC(=O)Nc1cc(-c2cnc3ccccc3c2)nc(N2CCN(C(=O)OC(C)(C)C)CC2)n1. The molecule has 2 aromatic heterocycles. The maximum Gasteiger partial charge on any atom is 0.413 e. The number of nitrogens with one attached hydrogen (secondary N) is 1. The van der Waals surface area contributed by atoms with Gasteiger partial charge in [0.25, 0.3) is 0 Å². The number of pyridine rings is 1. The quantitative estimate of drug-likeness (QED) is 0.523. The van der Waals surface area contributed by atoms with E-state index in [1.165, 1.54) is 0 Å². The fraction of sp³-hybridized carbons (Fsp3) is 0.444. The third-order valence-corrected chi connectivity index (χ3v) is 5.44. The van der Waals surface area contributed by atoms with Gasteiger partial charge in [0.05, 0.1) is 11.2 Å². The highest BCUT2D eigenvalue weighted by atomic mass is 16.6. The van der Waals surface area contributed by atoms with E-state index in [9.17, 15) is 9.59 Å². The van der Waals surface area contributed by atoms with Gasteiger partial charge in [0.1, 0.15) is 17.0 Å². The van der Waals surface area contributed by atoms with Gasteiger partial charge in [-0.25, -0.2) is 14.6 Å². The van der Waals surface area contributed by atoms with Crippen LogP contribution in [0.2, 0.25) is 0 Å². The molecule has 1 saturated heterocycles. The van der Waals surface area contributed by atoms with E-state index in [1.54, 1.807) is 37.9 Å². The highest BCUT2D eigenvalue weighted by Gasteiger charge is 2.27. The van der Waals surface area contributed by atoms with E-state index in [-0.39, 0.29) is 6.09 Å². The van der Waals surface area contributed by atoms with Crippen LogP contribution in [0.3, 0.4) is 0 Å². The minimum absolute atomic E-state index is 0.317. The molecule has 10 nitrogen and oxygen atoms in total. The van der Waals surface area contributed by atoms with Gasteiger partial charge in [-0.2, -0.15) is 4.98 Å². The van der Waals surface area contributed by atoms with E-state index in [0.717, 1.165) is 16.5 Å². The predicted octanol–water partition coefficient (Wildman–Crippen LogP) is 5.10. The van der Waals surface area contributed by atoms with Crippen molar-refractivity contribution in [2.45, 2.75) is 52.7 Å². The van der Waals surface area contributed by atoms with Crippen LogP contribution in [-0.2, 0) is 9.47 Å². The average molecular weight is 507 g/mol. The summed E-state index contributed by atoms with van der Waals surface area (Å²) in [6, 6.07) is 11.5. The van der Waals surface area contributed by atoms with Crippen LogP contribution in [0.25, 0.3) is 22.2 Å². The van der Waals surface area contributed by atoms with E-state index >= 15 is 0 Å². The molecule has 0 unspecified atom stereocenters. The summed E-state index contributed by atoms with van der Waals surface area (Å²) >= 11 is 0. The number of carbonyl (C=O) groups is 2. The minimum Gasteiger partial charge on any atom is -0.444 e. The molecule has 1 aliphatic heterocycles. The number of aromatic nitrogens is 3. The lowest BCUT2D eigenvalue weighted by atomic mass is 10.1. The zero-order valence-corrected chi connectivity index (χ0v) is 22.2. The summed E-state index contributed by atoms with van der Waals surface area (Å²) in [5, 5.41) is 3.71. The number of hydrogen-bond donors (Lipinski definition) is 1. The van der Waals surface area contributed by atoms with Crippen molar-refractivity contribution in [3.63, 3.8) is 0 Å². The van der Waals surface area contributed by atoms with Crippen LogP contribution in [0.4, 0.5) is 21.4 Å². The highest BCUT2D eigenvalue weighted by Crippen LogP contribution is 2.26. The number of carbonyl (C=O) groups excluding carboxylic acids is 2. The summed E-state index contributed by atoms with van der Waals surface area (Å²) in [5.74, 6) is 0.762. The Morgan fingerprint density at radius 1 is 0.892 bits per heavy atom. The third kappa shape index (κ3) is 7.05. The Hall–Kier alpha value is -3.95. The molecule has 0 saturated carbocycles. The van der Waals surface area contributed by atoms with Crippen molar-refractivity contribution in [2.75, 3.05) is 36.4 Å². The Bertz CT molecular complexity index is 1290. The molecule has 4 rings (SSSR count). The van der Waals surface area contributed by atoms with Gasteiger partial charge in [-0.05, 0) is 53.7 Å². The van der Waals surface area contributed by atoms with Gasteiger partial charge in [-0.1, -0.05) is 18.2 Å². The fourth-order valence-electron chi connectivity index (χ4n) is 3.82. The van der Waals surface area contributed by atoms with Crippen LogP contribution >= 0.6 is 0 Å². The van der Waals surface area contributed by atoms with Crippen molar-refractivity contribution in [2.24, 2.45) is 0 Å². The number of fused-ring (bicyclic) bond motifs is 1. The van der Waals surface area contributed by atoms with Gasteiger partial charge in [0.15, 0.2) is 0 Å². The number of rotatable bonds is 3. The molecule has 3 aromatic rings. The molecular formula is C27H34N6O4. The largest absolute Gasteiger partial charge is 0.444 e. The molecule has 0 bridgehead atoms. The van der Waals surface area contributed by atoms with Crippen LogP contribution < -0.4 is 10.2 Å². The number of ether oxygens (including phenoxy) is 2. The summed E-state index contributed by atoms with van der Waals surface area (Å²) < 4.78 is 10.9. The third-order valence-electron chi connectivity index (χ3n) is 5.44. The maximum atomic E-state index is 12.5. The van der Waals surface area contributed by atoms with E-state index in [0.29, 0.717) is 43.6 Å². The van der Waals surface area contributed by atoms with Gasteiger partial charge < -0.3 is 19.3 Å². The number of para-hydroxylation sites is 1. The van der Waals surface area contributed by atoms with Crippen molar-refractivity contribution in [3.05, 3.63) is 42.6 Å². The van der Waals surface area contributed by atoms with Crippen LogP contribution in [0.5, 0.6) is 0 Å². The van der Waals surface area contributed by atoms with Gasteiger partial charge in [-0.15, -0.1) is 0 Å². The van der Waals surface area contributed by atoms with Gasteiger partial charge in [-0.3, -0.25) is 10.3 Å². The summed E-state index contributed by atoms with van der Waals surface area (Å²) in [6.45, 7) is 12.9. The lowest BCUT2D eigenvalue weighted by Gasteiger charge is -2.35. The van der Waals surface area contributed by atoms with E-state index in [2.05, 4.69) is 15.3 Å². The van der Waals surface area contributed by atoms with Crippen LogP contribution in [-0.4, -0.2) is 69.4 Å². The smallest absolute Gasteiger partial charge is 0.413 e. The zero-order chi connectivity index (χ0) is 26.8. The average Bonchev–Trinajstić information content (AvgIpc) is 2.81. The molecule has 0 radical (unpaired) electrons. The lowest BCUT2D eigenvalue weighted by molar-refractivity contribution is 0.0239. The first-order chi connectivity index (χ1) is 17.4. The maximum absolute atomic E-state index is 12.5. The van der Waals surface area contributed by atoms with Crippen molar-refractivity contribution < 1.29 is 19.1 Å². The molecule has 3 heterocycles. The number of hydrogen-bond acceptors (Lipinski definition) is 8. The standard InChI is InChI=1S/C27H34N6O4/c1-26(2,3)36-24(34)31-22-16-21(19-15-18-9-7-8-10-20(18)28-17-19)29-23(30-22)32-11-13-33(14-12-32)25(35)37-27(4,5)6/h7-10,15-17H,11-14H2,1-6H3,(H,29,30,31,34). The number of anilines is 2. The Balaban J connectivity index is 1.61. The predicted molar refractivity (Wildman–Crippen MR) is 143 cm³/mol. The molecule has 1 fully saturated rings. The molecule has 0 atom stereocenters. The lowest BCUT2D eigenvalue weighted by Crippen LogP contribution is -2.50. The molecule has 2 amide bonds. The molecule has 0 spiro atoms. The molecule has 10 heteroatoms. The Kier molecular flexibility index (Phi) is 7.20. The second-order valence-corrected chi connectivity index (χ2v) is 10.9. The number of piperazine rings is 1. The normalized spacial score (nSPS) is 14.4. The summed E-state index contributed by atoms with van der Waals surface area (Å²) in [7, 11) is 0. The van der Waals surface area contributed by atoms with Crippen molar-refractivity contribution >= 4 is 34.9 Å². The van der Waals surface area contributed by atoms with Crippen molar-refractivity contribution in [3.8, 4) is 11.3 Å². The van der Waals surface area contributed by atoms with E-state index < -0.39 is 17.3 Å². The summed E-state index contributed by atoms with van der Waals surface area (Å²) in [5.41, 5.74) is 1.09. The molecule has 1 aliphatic rings. The molecule has 37 heavy (non-hydrogen) atoms. The molecule has 196 valence electrons. The van der Waals surface area contributed by atoms with Crippen LogP contribution in [0, 0.1) is 0 Å². The Labute approximate surface area is 217 Å². The number of amides is 2. The monoisotopic (exact) mass is 506 g/mol. The summed E-state index contributed by atoms with van der Waals surface area (Å²) in [6.07, 6.45) is 0.817. The summed E-state index contributed by atoms with van der Waals surface area (Å²) in [4.78, 5) is 42.6. The first kappa shape index (κ1) is 26.1. The first-order valence-corrected chi connectivity index (χ1v) is 12.3. The van der Waals surface area contributed by atoms with Crippen molar-refractivity contribution in [1.82, 2.24) is 19.9 Å². The number of nitrogens with zero attached hydrogens (tertiary/aromatic N) is 5. The van der Waals surface area contributed by atoms with E-state index in [1.807, 2.05) is 56.0 Å². The van der Waals surface area contributed by atoms with Gasteiger partial charge >= 0.3 is 12.2 Å². The highest BCUT2D eigenvalue weighted by molar-refractivity contribution is 5.86. The zero-order valence-electron chi connectivity index (χ0n) is 22.2. The first-order valence-electron chi connectivity index (χ1n) is 12.3. The van der Waals surface area contributed by atoms with Crippen molar-refractivity contribution in [1.29, 1.82) is 0 Å². The van der Waals surface area contributed by atoms with Gasteiger partial charge in [0.2, 0.25) is 5.95 Å². The molecule has 0 aliphatic carbocycles. The second-order valence-electron chi connectivity index (χ2n) is 10.9. The second kappa shape index (κ2) is 10.2. The van der Waals surface area contributed by atoms with Gasteiger partial charge in [0, 0.05) is 49.4 Å². The topological polar surface area (TPSA) is 110 Å². The molecule has 1 aromatic carbocycles.